The van der Waals surface area contributed by atoms with Gasteiger partial charge < -0.3 is 15.8 Å². The number of nitriles is 1. The summed E-state index contributed by atoms with van der Waals surface area (Å²) in [4.78, 5) is 0. The lowest BCUT2D eigenvalue weighted by Crippen LogP contribution is -2.03. The molecule has 0 unspecified atom stereocenters. The zero-order valence-corrected chi connectivity index (χ0v) is 10.7. The van der Waals surface area contributed by atoms with Crippen LogP contribution in [0.25, 0.3) is 0 Å². The van der Waals surface area contributed by atoms with Crippen molar-refractivity contribution in [3.63, 3.8) is 0 Å². The summed E-state index contributed by atoms with van der Waals surface area (Å²) in [5, 5.41) is 12.1. The summed E-state index contributed by atoms with van der Waals surface area (Å²) in [6.07, 6.45) is 0. The minimum absolute atomic E-state index is 0.480. The third kappa shape index (κ3) is 2.96. The van der Waals surface area contributed by atoms with Gasteiger partial charge in [-0.25, -0.2) is 0 Å². The van der Waals surface area contributed by atoms with E-state index < -0.39 is 0 Å². The second kappa shape index (κ2) is 5.78. The van der Waals surface area contributed by atoms with Crippen LogP contribution < -0.4 is 15.8 Å². The fourth-order valence-corrected chi connectivity index (χ4v) is 1.80. The molecule has 0 heterocycles. The van der Waals surface area contributed by atoms with E-state index in [1.165, 1.54) is 0 Å². The van der Waals surface area contributed by atoms with Crippen molar-refractivity contribution in [2.45, 2.75) is 6.54 Å². The van der Waals surface area contributed by atoms with Crippen LogP contribution in [0.5, 0.6) is 5.75 Å². The predicted molar refractivity (Wildman–Crippen MR) is 75.9 cm³/mol. The average molecular weight is 253 g/mol. The quantitative estimate of drug-likeness (QED) is 0.822. The largest absolute Gasteiger partial charge is 0.497 e. The molecular formula is C15H15N3O. The van der Waals surface area contributed by atoms with Crippen LogP contribution in [0.4, 0.5) is 11.4 Å². The number of para-hydroxylation sites is 1. The van der Waals surface area contributed by atoms with E-state index in [4.69, 9.17) is 15.7 Å². The number of nitrogens with zero attached hydrogens (tertiary/aromatic N) is 1. The van der Waals surface area contributed by atoms with E-state index in [1.54, 1.807) is 13.2 Å². The second-order valence-corrected chi connectivity index (χ2v) is 4.08. The van der Waals surface area contributed by atoms with Crippen LogP contribution in [0, 0.1) is 11.3 Å². The second-order valence-electron chi connectivity index (χ2n) is 4.08. The maximum Gasteiger partial charge on any atom is 0.119 e. The highest BCUT2D eigenvalue weighted by molar-refractivity contribution is 5.72. The van der Waals surface area contributed by atoms with Crippen molar-refractivity contribution in [3.05, 3.63) is 53.6 Å². The minimum Gasteiger partial charge on any atom is -0.497 e. The average Bonchev–Trinajstić information content (AvgIpc) is 2.46. The lowest BCUT2D eigenvalue weighted by Gasteiger charge is -2.11. The molecule has 4 nitrogen and oxygen atoms in total. The first-order chi connectivity index (χ1) is 9.24. The Morgan fingerprint density at radius 1 is 1.26 bits per heavy atom. The van der Waals surface area contributed by atoms with E-state index in [9.17, 15) is 0 Å². The van der Waals surface area contributed by atoms with Gasteiger partial charge in [0.2, 0.25) is 0 Å². The summed E-state index contributed by atoms with van der Waals surface area (Å²) in [5.41, 5.74) is 8.72. The smallest absolute Gasteiger partial charge is 0.119 e. The van der Waals surface area contributed by atoms with E-state index in [0.29, 0.717) is 17.8 Å². The third-order valence-corrected chi connectivity index (χ3v) is 2.84. The van der Waals surface area contributed by atoms with Crippen molar-refractivity contribution in [2.24, 2.45) is 0 Å². The maximum atomic E-state index is 8.92. The van der Waals surface area contributed by atoms with E-state index in [-0.39, 0.29) is 0 Å². The Morgan fingerprint density at radius 2 is 2.05 bits per heavy atom. The zero-order valence-electron chi connectivity index (χ0n) is 10.7. The number of hydrogen-bond donors (Lipinski definition) is 2. The lowest BCUT2D eigenvalue weighted by molar-refractivity contribution is 0.414. The van der Waals surface area contributed by atoms with Crippen LogP contribution in [0.3, 0.4) is 0 Å². The van der Waals surface area contributed by atoms with Gasteiger partial charge in [0.25, 0.3) is 0 Å². The number of benzene rings is 2. The Balaban J connectivity index is 2.12. The van der Waals surface area contributed by atoms with E-state index in [1.807, 2.05) is 36.4 Å². The summed E-state index contributed by atoms with van der Waals surface area (Å²) in [6, 6.07) is 15.2. The van der Waals surface area contributed by atoms with Gasteiger partial charge in [0.05, 0.1) is 24.0 Å². The van der Waals surface area contributed by atoms with Crippen molar-refractivity contribution >= 4 is 11.4 Å². The first kappa shape index (κ1) is 12.8. The normalized spacial score (nSPS) is 9.68. The summed E-state index contributed by atoms with van der Waals surface area (Å²) in [7, 11) is 1.64. The molecule has 96 valence electrons. The third-order valence-electron chi connectivity index (χ3n) is 2.84. The number of rotatable bonds is 4. The van der Waals surface area contributed by atoms with Crippen LogP contribution >= 0.6 is 0 Å². The maximum absolute atomic E-state index is 8.92. The highest BCUT2D eigenvalue weighted by Crippen LogP contribution is 2.23. The monoisotopic (exact) mass is 253 g/mol. The number of nitrogens with two attached hydrogens (primary N) is 1. The van der Waals surface area contributed by atoms with Crippen molar-refractivity contribution in [3.8, 4) is 11.8 Å². The van der Waals surface area contributed by atoms with Crippen molar-refractivity contribution in [1.82, 2.24) is 0 Å². The Labute approximate surface area is 112 Å². The molecule has 2 aromatic carbocycles. The number of nitrogens with one attached hydrogen (secondary N) is 1. The molecule has 0 aliphatic rings. The molecule has 0 aliphatic carbocycles. The molecule has 0 saturated heterocycles. The van der Waals surface area contributed by atoms with E-state index in [2.05, 4.69) is 11.4 Å². The van der Waals surface area contributed by atoms with Gasteiger partial charge in [0, 0.05) is 6.54 Å². The number of methoxy groups -OCH3 is 1. The number of hydrogen-bond acceptors (Lipinski definition) is 4. The van der Waals surface area contributed by atoms with Crippen molar-refractivity contribution in [2.75, 3.05) is 18.2 Å². The lowest BCUT2D eigenvalue weighted by atomic mass is 10.1. The molecule has 0 aliphatic heterocycles. The Hall–Kier alpha value is -2.67. The minimum atomic E-state index is 0.480. The first-order valence-corrected chi connectivity index (χ1v) is 5.90. The number of nitrogen functional groups attached to an aromatic ring is 1. The van der Waals surface area contributed by atoms with Gasteiger partial charge in [-0.15, -0.1) is 0 Å². The molecule has 0 aromatic heterocycles. The van der Waals surface area contributed by atoms with E-state index in [0.717, 1.165) is 17.0 Å². The molecule has 0 fully saturated rings. The zero-order chi connectivity index (χ0) is 13.7. The first-order valence-electron chi connectivity index (χ1n) is 5.90. The summed E-state index contributed by atoms with van der Waals surface area (Å²) in [5.74, 6) is 0.818. The van der Waals surface area contributed by atoms with Gasteiger partial charge >= 0.3 is 0 Å². The molecule has 0 saturated carbocycles. The fourth-order valence-electron chi connectivity index (χ4n) is 1.80. The SMILES string of the molecule is COc1cccc(CNc2cccc(C#N)c2N)c1. The molecule has 0 bridgehead atoms. The predicted octanol–water partition coefficient (Wildman–Crippen LogP) is 2.76. The highest BCUT2D eigenvalue weighted by atomic mass is 16.5. The highest BCUT2D eigenvalue weighted by Gasteiger charge is 2.04. The Kier molecular flexibility index (Phi) is 3.89. The van der Waals surface area contributed by atoms with Crippen LogP contribution in [0.1, 0.15) is 11.1 Å². The van der Waals surface area contributed by atoms with Gasteiger partial charge in [-0.3, -0.25) is 0 Å². The molecule has 0 atom stereocenters. The summed E-state index contributed by atoms with van der Waals surface area (Å²) < 4.78 is 5.17. The molecule has 19 heavy (non-hydrogen) atoms. The summed E-state index contributed by atoms with van der Waals surface area (Å²) in [6.45, 7) is 0.621. The summed E-state index contributed by atoms with van der Waals surface area (Å²) >= 11 is 0. The van der Waals surface area contributed by atoms with Gasteiger partial charge in [-0.05, 0) is 29.8 Å². The van der Waals surface area contributed by atoms with Crippen molar-refractivity contribution < 1.29 is 4.74 Å². The van der Waals surface area contributed by atoms with Crippen LogP contribution in [-0.4, -0.2) is 7.11 Å². The van der Waals surface area contributed by atoms with Crippen LogP contribution in [0.15, 0.2) is 42.5 Å². The van der Waals surface area contributed by atoms with Crippen LogP contribution in [0.2, 0.25) is 0 Å². The molecule has 0 amide bonds. The molecule has 0 radical (unpaired) electrons. The van der Waals surface area contributed by atoms with Gasteiger partial charge in [-0.2, -0.15) is 5.26 Å². The van der Waals surface area contributed by atoms with Crippen LogP contribution in [-0.2, 0) is 6.54 Å². The molecule has 2 aromatic rings. The van der Waals surface area contributed by atoms with Gasteiger partial charge in [0.15, 0.2) is 0 Å². The van der Waals surface area contributed by atoms with Gasteiger partial charge in [-0.1, -0.05) is 18.2 Å². The van der Waals surface area contributed by atoms with E-state index >= 15 is 0 Å². The topological polar surface area (TPSA) is 71.1 Å². The fraction of sp³-hybridized carbons (Fsp3) is 0.133. The number of anilines is 2. The standard InChI is InChI=1S/C15H15N3O/c1-19-13-6-2-4-11(8-13)10-18-14-7-3-5-12(9-16)15(14)17/h2-8,18H,10,17H2,1H3. The Morgan fingerprint density at radius 3 is 2.79 bits per heavy atom. The Bertz CT molecular complexity index is 617. The molecule has 4 heteroatoms. The molecular weight excluding hydrogens is 238 g/mol. The number of ether oxygens (including phenoxy) is 1. The van der Waals surface area contributed by atoms with Gasteiger partial charge in [0.1, 0.15) is 11.8 Å². The molecule has 0 spiro atoms. The molecule has 2 rings (SSSR count). The molecule has 3 N–H and O–H groups in total. The van der Waals surface area contributed by atoms with Crippen molar-refractivity contribution in [1.29, 1.82) is 5.26 Å².